The number of anilines is 1. The molecule has 1 saturated heterocycles. The van der Waals surface area contributed by atoms with Crippen molar-refractivity contribution in [2.24, 2.45) is 0 Å². The van der Waals surface area contributed by atoms with Gasteiger partial charge < -0.3 is 14.7 Å². The zero-order valence-electron chi connectivity index (χ0n) is 19.7. The lowest BCUT2D eigenvalue weighted by molar-refractivity contribution is 0.0150. The van der Waals surface area contributed by atoms with Gasteiger partial charge in [0, 0.05) is 57.0 Å². The number of hydrogen-bond acceptors (Lipinski definition) is 6. The lowest BCUT2D eigenvalue weighted by Gasteiger charge is -2.37. The molecule has 1 aliphatic heterocycles. The van der Waals surface area contributed by atoms with Crippen molar-refractivity contribution < 1.29 is 14.2 Å². The Hall–Kier alpha value is -2.09. The summed E-state index contributed by atoms with van der Waals surface area (Å²) >= 11 is 0. The first-order valence-corrected chi connectivity index (χ1v) is 11.8. The maximum Gasteiger partial charge on any atom is 0.136 e. The lowest BCUT2D eigenvalue weighted by atomic mass is 10.0. The van der Waals surface area contributed by atoms with Crippen LogP contribution in [-0.4, -0.2) is 72.0 Å². The zero-order valence-corrected chi connectivity index (χ0v) is 19.7. The lowest BCUT2D eigenvalue weighted by Crippen LogP contribution is -2.49. The summed E-state index contributed by atoms with van der Waals surface area (Å²) in [7, 11) is 0. The molecule has 32 heavy (non-hydrogen) atoms. The standard InChI is InChI=1S/C25H37FN4O2/c1-4-6-14-32-18-22(31)17-29-10-12-30(13-11-29)25-23(24(5-2)27-19(3)28-25)16-20-8-7-9-21(26)15-20/h7-9,15,22,31H,4-6,10-14,16-18H2,1-3H3/t22-/m0/s1. The van der Waals surface area contributed by atoms with E-state index in [1.807, 2.05) is 13.0 Å². The van der Waals surface area contributed by atoms with E-state index in [0.717, 1.165) is 73.9 Å². The van der Waals surface area contributed by atoms with Crippen LogP contribution in [-0.2, 0) is 17.6 Å². The van der Waals surface area contributed by atoms with Crippen LogP contribution >= 0.6 is 0 Å². The highest BCUT2D eigenvalue weighted by Gasteiger charge is 2.24. The molecule has 176 valence electrons. The van der Waals surface area contributed by atoms with Crippen LogP contribution in [0.5, 0.6) is 0 Å². The Kier molecular flexibility index (Phi) is 9.38. The van der Waals surface area contributed by atoms with Gasteiger partial charge in [0.15, 0.2) is 0 Å². The number of piperazine rings is 1. The van der Waals surface area contributed by atoms with E-state index in [1.165, 1.54) is 6.07 Å². The normalized spacial score (nSPS) is 15.8. The van der Waals surface area contributed by atoms with Gasteiger partial charge in [0.2, 0.25) is 0 Å². The van der Waals surface area contributed by atoms with Gasteiger partial charge in [-0.1, -0.05) is 32.4 Å². The molecule has 1 fully saturated rings. The average molecular weight is 445 g/mol. The molecule has 7 heteroatoms. The van der Waals surface area contributed by atoms with Crippen LogP contribution in [0.25, 0.3) is 0 Å². The molecule has 0 amide bonds. The van der Waals surface area contributed by atoms with Gasteiger partial charge in [0.05, 0.1) is 12.7 Å². The van der Waals surface area contributed by atoms with Crippen molar-refractivity contribution in [2.75, 3.05) is 50.8 Å². The Morgan fingerprint density at radius 1 is 1.16 bits per heavy atom. The predicted octanol–water partition coefficient (Wildman–Crippen LogP) is 3.38. The van der Waals surface area contributed by atoms with Crippen LogP contribution < -0.4 is 4.90 Å². The van der Waals surface area contributed by atoms with Crippen LogP contribution in [0.2, 0.25) is 0 Å². The second-order valence-electron chi connectivity index (χ2n) is 8.55. The number of aromatic nitrogens is 2. The summed E-state index contributed by atoms with van der Waals surface area (Å²) in [5.41, 5.74) is 3.04. The van der Waals surface area contributed by atoms with Crippen molar-refractivity contribution in [2.45, 2.75) is 52.6 Å². The maximum atomic E-state index is 13.8. The fraction of sp³-hybridized carbons (Fsp3) is 0.600. The molecule has 1 aromatic heterocycles. The number of hydrogen-bond donors (Lipinski definition) is 1. The van der Waals surface area contributed by atoms with Crippen molar-refractivity contribution >= 4 is 5.82 Å². The third-order valence-electron chi connectivity index (χ3n) is 5.88. The molecule has 2 heterocycles. The first-order valence-electron chi connectivity index (χ1n) is 11.8. The van der Waals surface area contributed by atoms with E-state index >= 15 is 0 Å². The van der Waals surface area contributed by atoms with E-state index in [9.17, 15) is 9.50 Å². The Morgan fingerprint density at radius 2 is 1.94 bits per heavy atom. The van der Waals surface area contributed by atoms with Gasteiger partial charge in [-0.2, -0.15) is 0 Å². The van der Waals surface area contributed by atoms with E-state index in [0.29, 0.717) is 26.2 Å². The summed E-state index contributed by atoms with van der Waals surface area (Å²) in [5, 5.41) is 10.3. The minimum absolute atomic E-state index is 0.221. The van der Waals surface area contributed by atoms with E-state index in [1.54, 1.807) is 12.1 Å². The molecule has 0 spiro atoms. The molecule has 3 rings (SSSR count). The van der Waals surface area contributed by atoms with Gasteiger partial charge in [-0.05, 0) is 37.5 Å². The fourth-order valence-electron chi connectivity index (χ4n) is 4.18. The van der Waals surface area contributed by atoms with Gasteiger partial charge in [0.25, 0.3) is 0 Å². The van der Waals surface area contributed by atoms with Crippen LogP contribution in [0.3, 0.4) is 0 Å². The number of aliphatic hydroxyl groups excluding tert-OH is 1. The highest BCUT2D eigenvalue weighted by molar-refractivity contribution is 5.52. The Morgan fingerprint density at radius 3 is 2.62 bits per heavy atom. The smallest absolute Gasteiger partial charge is 0.136 e. The molecule has 0 unspecified atom stereocenters. The maximum absolute atomic E-state index is 13.8. The second kappa shape index (κ2) is 12.2. The summed E-state index contributed by atoms with van der Waals surface area (Å²) in [6, 6.07) is 6.76. The van der Waals surface area contributed by atoms with E-state index in [4.69, 9.17) is 9.72 Å². The highest BCUT2D eigenvalue weighted by atomic mass is 19.1. The molecule has 1 atom stereocenters. The number of nitrogens with zero attached hydrogens (tertiary/aromatic N) is 4. The summed E-state index contributed by atoms with van der Waals surface area (Å²) in [4.78, 5) is 14.1. The number of aliphatic hydroxyl groups is 1. The minimum Gasteiger partial charge on any atom is -0.389 e. The monoisotopic (exact) mass is 444 g/mol. The zero-order chi connectivity index (χ0) is 22.9. The largest absolute Gasteiger partial charge is 0.389 e. The topological polar surface area (TPSA) is 61.7 Å². The second-order valence-corrected chi connectivity index (χ2v) is 8.55. The van der Waals surface area contributed by atoms with Gasteiger partial charge in [-0.15, -0.1) is 0 Å². The number of β-amino-alcohol motifs (C(OH)–C–C–N with tert-alkyl or cyclic N) is 1. The number of ether oxygens (including phenoxy) is 1. The first kappa shape index (κ1) is 24.6. The average Bonchev–Trinajstić information content (AvgIpc) is 2.78. The van der Waals surface area contributed by atoms with Crippen molar-refractivity contribution in [3.05, 3.63) is 52.7 Å². The Labute approximate surface area is 191 Å². The van der Waals surface area contributed by atoms with Crippen LogP contribution in [0.4, 0.5) is 10.2 Å². The quantitative estimate of drug-likeness (QED) is 0.536. The number of halogens is 1. The van der Waals surface area contributed by atoms with Crippen LogP contribution in [0.15, 0.2) is 24.3 Å². The highest BCUT2D eigenvalue weighted by Crippen LogP contribution is 2.26. The van der Waals surface area contributed by atoms with E-state index in [2.05, 4.69) is 28.6 Å². The summed E-state index contributed by atoms with van der Waals surface area (Å²) in [6.45, 7) is 11.3. The number of benzene rings is 1. The fourth-order valence-corrected chi connectivity index (χ4v) is 4.18. The molecule has 0 aliphatic carbocycles. The molecule has 0 radical (unpaired) electrons. The molecule has 6 nitrogen and oxygen atoms in total. The van der Waals surface area contributed by atoms with Gasteiger partial charge in [-0.25, -0.2) is 14.4 Å². The summed E-state index contributed by atoms with van der Waals surface area (Å²) < 4.78 is 19.3. The van der Waals surface area contributed by atoms with Gasteiger partial charge in [0.1, 0.15) is 17.5 Å². The molecular weight excluding hydrogens is 407 g/mol. The van der Waals surface area contributed by atoms with Crippen LogP contribution in [0, 0.1) is 12.7 Å². The molecule has 2 aromatic rings. The predicted molar refractivity (Wildman–Crippen MR) is 126 cm³/mol. The Balaban J connectivity index is 1.66. The van der Waals surface area contributed by atoms with Crippen molar-refractivity contribution in [3.8, 4) is 0 Å². The SMILES string of the molecule is CCCCOC[C@@H](O)CN1CCN(c2nc(C)nc(CC)c2Cc2cccc(F)c2)CC1. The molecule has 0 saturated carbocycles. The van der Waals surface area contributed by atoms with E-state index < -0.39 is 6.10 Å². The molecule has 1 N–H and O–H groups in total. The minimum atomic E-state index is -0.463. The number of rotatable bonds is 11. The third kappa shape index (κ3) is 6.95. The van der Waals surface area contributed by atoms with Gasteiger partial charge >= 0.3 is 0 Å². The van der Waals surface area contributed by atoms with Crippen molar-refractivity contribution in [3.63, 3.8) is 0 Å². The third-order valence-corrected chi connectivity index (χ3v) is 5.88. The van der Waals surface area contributed by atoms with Crippen molar-refractivity contribution in [1.82, 2.24) is 14.9 Å². The molecule has 1 aromatic carbocycles. The number of unbranched alkanes of at least 4 members (excludes halogenated alkanes) is 1. The van der Waals surface area contributed by atoms with Crippen LogP contribution in [0.1, 0.15) is 49.3 Å². The number of aryl methyl sites for hydroxylation is 2. The summed E-state index contributed by atoms with van der Waals surface area (Å²) in [6.07, 6.45) is 3.09. The molecule has 0 bridgehead atoms. The first-order chi connectivity index (χ1) is 15.5. The van der Waals surface area contributed by atoms with Crippen molar-refractivity contribution in [1.29, 1.82) is 0 Å². The molecule has 1 aliphatic rings. The molecular formula is C25H37FN4O2. The van der Waals surface area contributed by atoms with E-state index in [-0.39, 0.29) is 5.82 Å². The Bertz CT molecular complexity index is 856. The summed E-state index contributed by atoms with van der Waals surface area (Å²) in [5.74, 6) is 1.50. The van der Waals surface area contributed by atoms with Gasteiger partial charge in [-0.3, -0.25) is 4.90 Å².